The van der Waals surface area contributed by atoms with E-state index in [4.69, 9.17) is 9.47 Å². The van der Waals surface area contributed by atoms with E-state index in [1.807, 2.05) is 53.4 Å². The van der Waals surface area contributed by atoms with Crippen molar-refractivity contribution in [1.82, 2.24) is 9.88 Å². The molecule has 0 spiro atoms. The van der Waals surface area contributed by atoms with Gasteiger partial charge in [0.05, 0.1) is 20.3 Å². The molecule has 180 valence electrons. The highest BCUT2D eigenvalue weighted by Gasteiger charge is 2.33. The highest BCUT2D eigenvalue weighted by Crippen LogP contribution is 2.41. The van der Waals surface area contributed by atoms with Gasteiger partial charge in [0, 0.05) is 18.7 Å². The molecule has 0 saturated heterocycles. The lowest BCUT2D eigenvalue weighted by atomic mass is 9.87. The van der Waals surface area contributed by atoms with E-state index in [1.165, 1.54) is 0 Å². The molecule has 4 rings (SSSR count). The molecule has 1 atom stereocenters. The molecule has 1 amide bonds. The van der Waals surface area contributed by atoms with Crippen molar-refractivity contribution in [3.05, 3.63) is 91.9 Å². The number of methoxy groups -OCH3 is 2. The van der Waals surface area contributed by atoms with Crippen LogP contribution in [0.3, 0.4) is 0 Å². The summed E-state index contributed by atoms with van der Waals surface area (Å²) in [5, 5.41) is 9.37. The fourth-order valence-electron chi connectivity index (χ4n) is 5.01. The van der Waals surface area contributed by atoms with Gasteiger partial charge < -0.3 is 19.4 Å². The molecule has 1 aromatic heterocycles. The normalized spacial score (nSPS) is 14.7. The smallest absolute Gasteiger partial charge is 0.266 e. The van der Waals surface area contributed by atoms with Crippen molar-refractivity contribution in [2.24, 2.45) is 0 Å². The van der Waals surface area contributed by atoms with Crippen molar-refractivity contribution in [3.8, 4) is 17.6 Å². The summed E-state index contributed by atoms with van der Waals surface area (Å²) in [7, 11) is 3.23. The molecule has 0 radical (unpaired) electrons. The summed E-state index contributed by atoms with van der Waals surface area (Å²) in [5.41, 5.74) is 5.07. The van der Waals surface area contributed by atoms with Crippen LogP contribution in [0.25, 0.3) is 0 Å². The minimum atomic E-state index is -0.390. The van der Waals surface area contributed by atoms with Crippen LogP contribution in [0.1, 0.15) is 51.5 Å². The number of fused-ring (bicyclic) bond motifs is 1. The molecular weight excluding hydrogens is 442 g/mol. The standard InChI is InChI=1S/C28H29N3O4/c1-17-21(18(2)30-28(33)23(17)16-29)10-11-26(32)31-13-12-20-14-24(34-3)25(35-4)15-22(20)27(31)19-8-6-5-7-9-19/h5-9,14-15,27H,10-13H2,1-4H3,(H,30,33). The number of H-pyrrole nitrogens is 1. The number of carbonyl (C=O) groups excluding carboxylic acids is 1. The second kappa shape index (κ2) is 10.1. The molecule has 3 aromatic rings. The number of amides is 1. The molecule has 1 aliphatic heterocycles. The van der Waals surface area contributed by atoms with Gasteiger partial charge in [0.1, 0.15) is 11.6 Å². The van der Waals surface area contributed by atoms with E-state index in [0.29, 0.717) is 42.1 Å². The van der Waals surface area contributed by atoms with Gasteiger partial charge in [-0.1, -0.05) is 30.3 Å². The third kappa shape index (κ3) is 4.52. The maximum atomic E-state index is 13.6. The first-order chi connectivity index (χ1) is 16.9. The Balaban J connectivity index is 1.69. The number of aromatic nitrogens is 1. The number of hydrogen-bond donors (Lipinski definition) is 1. The van der Waals surface area contributed by atoms with Crippen molar-refractivity contribution >= 4 is 5.91 Å². The second-order valence-electron chi connectivity index (χ2n) is 8.73. The van der Waals surface area contributed by atoms with Gasteiger partial charge in [0.15, 0.2) is 11.5 Å². The average Bonchev–Trinajstić information content (AvgIpc) is 2.87. The molecule has 1 N–H and O–H groups in total. The van der Waals surface area contributed by atoms with Gasteiger partial charge in [0.25, 0.3) is 5.56 Å². The predicted octanol–water partition coefficient (Wildman–Crippen LogP) is 3.99. The molecule has 35 heavy (non-hydrogen) atoms. The first-order valence-corrected chi connectivity index (χ1v) is 11.6. The van der Waals surface area contributed by atoms with E-state index in [2.05, 4.69) is 4.98 Å². The van der Waals surface area contributed by atoms with Gasteiger partial charge in [0.2, 0.25) is 5.91 Å². The zero-order valence-electron chi connectivity index (χ0n) is 20.5. The number of aromatic amines is 1. The Morgan fingerprint density at radius 2 is 1.83 bits per heavy atom. The Labute approximate surface area is 204 Å². The minimum absolute atomic E-state index is 0.0165. The summed E-state index contributed by atoms with van der Waals surface area (Å²) in [4.78, 5) is 30.4. The SMILES string of the molecule is COc1cc2c(cc1OC)C(c1ccccc1)N(C(=O)CCc1c(C)[nH]c(=O)c(C#N)c1C)CC2. The largest absolute Gasteiger partial charge is 0.493 e. The maximum Gasteiger partial charge on any atom is 0.266 e. The molecule has 0 saturated carbocycles. The van der Waals surface area contributed by atoms with Gasteiger partial charge in [-0.05, 0) is 66.6 Å². The molecule has 2 heterocycles. The van der Waals surface area contributed by atoms with Crippen LogP contribution in [0.15, 0.2) is 47.3 Å². The number of ether oxygens (including phenoxy) is 2. The lowest BCUT2D eigenvalue weighted by molar-refractivity contribution is -0.133. The van der Waals surface area contributed by atoms with Gasteiger partial charge in [-0.3, -0.25) is 9.59 Å². The van der Waals surface area contributed by atoms with Crippen LogP contribution in [0.5, 0.6) is 11.5 Å². The first kappa shape index (κ1) is 24.1. The number of carbonyl (C=O) groups is 1. The molecular formula is C28H29N3O4. The summed E-state index contributed by atoms with van der Waals surface area (Å²) < 4.78 is 11.1. The topological polar surface area (TPSA) is 95.4 Å². The number of nitrogens with zero attached hydrogens (tertiary/aromatic N) is 2. The Hall–Kier alpha value is -4.05. The van der Waals surface area contributed by atoms with Gasteiger partial charge >= 0.3 is 0 Å². The Bertz CT molecular complexity index is 1360. The van der Waals surface area contributed by atoms with E-state index >= 15 is 0 Å². The quantitative estimate of drug-likeness (QED) is 0.587. The van der Waals surface area contributed by atoms with Crippen molar-refractivity contribution < 1.29 is 14.3 Å². The summed E-state index contributed by atoms with van der Waals surface area (Å²) in [5.74, 6) is 1.32. The van der Waals surface area contributed by atoms with Crippen LogP contribution >= 0.6 is 0 Å². The van der Waals surface area contributed by atoms with Gasteiger partial charge in [-0.15, -0.1) is 0 Å². The number of pyridine rings is 1. The molecule has 2 aromatic carbocycles. The van der Waals surface area contributed by atoms with Gasteiger partial charge in [-0.25, -0.2) is 0 Å². The zero-order chi connectivity index (χ0) is 25.1. The number of aryl methyl sites for hydroxylation is 1. The van der Waals surface area contributed by atoms with Crippen molar-refractivity contribution in [3.63, 3.8) is 0 Å². The molecule has 7 heteroatoms. The summed E-state index contributed by atoms with van der Waals surface area (Å²) in [6.45, 7) is 4.15. The Morgan fingerprint density at radius 3 is 2.49 bits per heavy atom. The van der Waals surface area contributed by atoms with E-state index in [1.54, 1.807) is 28.1 Å². The van der Waals surface area contributed by atoms with Crippen LogP contribution in [0, 0.1) is 25.2 Å². The third-order valence-corrected chi connectivity index (χ3v) is 6.82. The molecule has 1 unspecified atom stereocenters. The maximum absolute atomic E-state index is 13.6. The average molecular weight is 472 g/mol. The second-order valence-corrected chi connectivity index (χ2v) is 8.73. The lowest BCUT2D eigenvalue weighted by Gasteiger charge is -2.38. The van der Waals surface area contributed by atoms with Crippen LogP contribution in [0.2, 0.25) is 0 Å². The Morgan fingerprint density at radius 1 is 1.14 bits per heavy atom. The third-order valence-electron chi connectivity index (χ3n) is 6.82. The summed E-state index contributed by atoms with van der Waals surface area (Å²) >= 11 is 0. The molecule has 7 nitrogen and oxygen atoms in total. The van der Waals surface area contributed by atoms with Crippen LogP contribution in [-0.4, -0.2) is 36.6 Å². The fourth-order valence-corrected chi connectivity index (χ4v) is 5.01. The lowest BCUT2D eigenvalue weighted by Crippen LogP contribution is -2.40. The number of nitriles is 1. The van der Waals surface area contributed by atoms with Crippen molar-refractivity contribution in [1.29, 1.82) is 5.26 Å². The number of nitrogens with one attached hydrogen (secondary N) is 1. The molecule has 1 aliphatic rings. The van der Waals surface area contributed by atoms with Gasteiger partial charge in [-0.2, -0.15) is 5.26 Å². The zero-order valence-corrected chi connectivity index (χ0v) is 20.5. The minimum Gasteiger partial charge on any atom is -0.493 e. The highest BCUT2D eigenvalue weighted by atomic mass is 16.5. The van der Waals surface area contributed by atoms with E-state index in [0.717, 1.165) is 22.3 Å². The van der Waals surface area contributed by atoms with E-state index in [-0.39, 0.29) is 23.9 Å². The van der Waals surface area contributed by atoms with E-state index in [9.17, 15) is 14.9 Å². The van der Waals surface area contributed by atoms with Crippen LogP contribution in [0.4, 0.5) is 0 Å². The number of benzene rings is 2. The molecule has 0 bridgehead atoms. The van der Waals surface area contributed by atoms with Crippen molar-refractivity contribution in [2.45, 2.75) is 39.2 Å². The predicted molar refractivity (Wildman–Crippen MR) is 133 cm³/mol. The molecule has 0 fully saturated rings. The molecule has 0 aliphatic carbocycles. The summed E-state index contributed by atoms with van der Waals surface area (Å²) in [6.07, 6.45) is 1.42. The number of rotatable bonds is 6. The Kier molecular flexibility index (Phi) is 6.92. The van der Waals surface area contributed by atoms with Crippen LogP contribution < -0.4 is 15.0 Å². The van der Waals surface area contributed by atoms with Crippen LogP contribution in [-0.2, 0) is 17.6 Å². The highest BCUT2D eigenvalue weighted by molar-refractivity contribution is 5.78. The first-order valence-electron chi connectivity index (χ1n) is 11.6. The summed E-state index contributed by atoms with van der Waals surface area (Å²) in [6, 6.07) is 15.7. The van der Waals surface area contributed by atoms with E-state index < -0.39 is 5.56 Å². The fraction of sp³-hybridized carbons (Fsp3) is 0.321. The van der Waals surface area contributed by atoms with Crippen molar-refractivity contribution in [2.75, 3.05) is 20.8 Å². The number of hydrogen-bond acceptors (Lipinski definition) is 5. The monoisotopic (exact) mass is 471 g/mol.